The van der Waals surface area contributed by atoms with Crippen molar-refractivity contribution in [2.24, 2.45) is 0 Å². The maximum absolute atomic E-state index is 11.9. The SMILES string of the molecule is CS(=O)(=O)NCC(=O)N[C@H]1CCCN(c2nc3ccccc3s2)C1. The standard InChI is InChI=1S/C15H20N4O3S2/c1-24(21,22)16-9-14(20)17-11-5-4-8-19(10-11)15-18-12-6-2-3-7-13(12)23-15/h2-3,6-7,11,16H,4-5,8-10H2,1H3,(H,17,20)/t11-/m0/s1. The number of piperidine rings is 1. The summed E-state index contributed by atoms with van der Waals surface area (Å²) in [4.78, 5) is 18.7. The molecule has 1 aliphatic rings. The van der Waals surface area contributed by atoms with Gasteiger partial charge in [0.2, 0.25) is 15.9 Å². The highest BCUT2D eigenvalue weighted by Gasteiger charge is 2.23. The fourth-order valence-electron chi connectivity index (χ4n) is 2.74. The van der Waals surface area contributed by atoms with Gasteiger partial charge in [0.15, 0.2) is 5.13 Å². The Balaban J connectivity index is 1.60. The molecule has 1 saturated heterocycles. The van der Waals surface area contributed by atoms with Crippen LogP contribution in [0.3, 0.4) is 0 Å². The maximum atomic E-state index is 11.9. The second-order valence-corrected chi connectivity index (χ2v) is 8.75. The van der Waals surface area contributed by atoms with Crippen LogP contribution in [0, 0.1) is 0 Å². The molecular weight excluding hydrogens is 348 g/mol. The summed E-state index contributed by atoms with van der Waals surface area (Å²) in [6.07, 6.45) is 2.88. The molecule has 0 radical (unpaired) electrons. The molecule has 130 valence electrons. The molecule has 2 heterocycles. The van der Waals surface area contributed by atoms with Crippen LogP contribution in [0.15, 0.2) is 24.3 Å². The summed E-state index contributed by atoms with van der Waals surface area (Å²) in [7, 11) is -3.36. The van der Waals surface area contributed by atoms with Gasteiger partial charge in [-0.1, -0.05) is 23.5 Å². The fraction of sp³-hybridized carbons (Fsp3) is 0.467. The third-order valence-corrected chi connectivity index (χ3v) is 5.60. The number of sulfonamides is 1. The quantitative estimate of drug-likeness (QED) is 0.819. The molecule has 0 spiro atoms. The van der Waals surface area contributed by atoms with Crippen LogP contribution in [0.1, 0.15) is 12.8 Å². The van der Waals surface area contributed by atoms with Crippen LogP contribution in [-0.2, 0) is 14.8 Å². The number of anilines is 1. The van der Waals surface area contributed by atoms with Crippen molar-refractivity contribution in [3.05, 3.63) is 24.3 Å². The van der Waals surface area contributed by atoms with Crippen LogP contribution in [0.2, 0.25) is 0 Å². The normalized spacial score (nSPS) is 18.7. The summed E-state index contributed by atoms with van der Waals surface area (Å²) < 4.78 is 25.4. The summed E-state index contributed by atoms with van der Waals surface area (Å²) in [6, 6.07) is 8.02. The number of nitrogens with one attached hydrogen (secondary N) is 2. The topological polar surface area (TPSA) is 91.4 Å². The number of rotatable bonds is 5. The number of hydrogen-bond donors (Lipinski definition) is 2. The minimum absolute atomic E-state index is 0.000350. The Morgan fingerprint density at radius 1 is 1.42 bits per heavy atom. The lowest BCUT2D eigenvalue weighted by molar-refractivity contribution is -0.120. The highest BCUT2D eigenvalue weighted by atomic mass is 32.2. The molecule has 7 nitrogen and oxygen atoms in total. The first-order valence-electron chi connectivity index (χ1n) is 7.75. The third-order valence-electron chi connectivity index (χ3n) is 3.83. The first kappa shape index (κ1) is 17.1. The summed E-state index contributed by atoms with van der Waals surface area (Å²) in [5.74, 6) is -0.309. The number of fused-ring (bicyclic) bond motifs is 1. The molecular formula is C15H20N4O3S2. The maximum Gasteiger partial charge on any atom is 0.235 e. The Kier molecular flexibility index (Phi) is 5.02. The Labute approximate surface area is 145 Å². The first-order valence-corrected chi connectivity index (χ1v) is 10.5. The van der Waals surface area contributed by atoms with Crippen LogP contribution < -0.4 is 14.9 Å². The average molecular weight is 368 g/mol. The zero-order chi connectivity index (χ0) is 17.2. The predicted octanol–water partition coefficient (Wildman–Crippen LogP) is 0.931. The van der Waals surface area contributed by atoms with Crippen molar-refractivity contribution in [2.45, 2.75) is 18.9 Å². The van der Waals surface area contributed by atoms with E-state index in [2.05, 4.69) is 26.0 Å². The fourth-order valence-corrected chi connectivity index (χ4v) is 4.13. The van der Waals surface area contributed by atoms with E-state index in [0.717, 1.165) is 41.0 Å². The van der Waals surface area contributed by atoms with Crippen molar-refractivity contribution >= 4 is 42.6 Å². The number of hydrogen-bond acceptors (Lipinski definition) is 6. The van der Waals surface area contributed by atoms with Crippen LogP contribution >= 0.6 is 11.3 Å². The van der Waals surface area contributed by atoms with Crippen molar-refractivity contribution in [3.63, 3.8) is 0 Å². The largest absolute Gasteiger partial charge is 0.350 e. The second kappa shape index (κ2) is 7.04. The molecule has 1 atom stereocenters. The first-order chi connectivity index (χ1) is 11.4. The molecule has 0 unspecified atom stereocenters. The predicted molar refractivity (Wildman–Crippen MR) is 95.8 cm³/mol. The molecule has 1 aromatic carbocycles. The van der Waals surface area contributed by atoms with Gasteiger partial charge in [0, 0.05) is 19.1 Å². The van der Waals surface area contributed by atoms with Gasteiger partial charge < -0.3 is 10.2 Å². The van der Waals surface area contributed by atoms with E-state index in [1.165, 1.54) is 0 Å². The van der Waals surface area contributed by atoms with Crippen molar-refractivity contribution in [3.8, 4) is 0 Å². The average Bonchev–Trinajstić information content (AvgIpc) is 2.97. The molecule has 3 rings (SSSR count). The molecule has 0 bridgehead atoms. The summed E-state index contributed by atoms with van der Waals surface area (Å²) in [5, 5.41) is 3.86. The molecule has 0 saturated carbocycles. The Hall–Kier alpha value is -1.71. The lowest BCUT2D eigenvalue weighted by Crippen LogP contribution is -2.50. The molecule has 1 aromatic heterocycles. The van der Waals surface area contributed by atoms with E-state index >= 15 is 0 Å². The number of benzene rings is 1. The van der Waals surface area contributed by atoms with Gasteiger partial charge in [-0.2, -0.15) is 0 Å². The number of aromatic nitrogens is 1. The van der Waals surface area contributed by atoms with Gasteiger partial charge in [0.25, 0.3) is 0 Å². The van der Waals surface area contributed by atoms with Gasteiger partial charge in [-0.3, -0.25) is 4.79 Å². The molecule has 0 aliphatic carbocycles. The van der Waals surface area contributed by atoms with E-state index in [-0.39, 0.29) is 18.5 Å². The van der Waals surface area contributed by atoms with E-state index in [1.807, 2.05) is 18.2 Å². The summed E-state index contributed by atoms with van der Waals surface area (Å²) in [6.45, 7) is 1.37. The Morgan fingerprint density at radius 2 is 2.21 bits per heavy atom. The van der Waals surface area contributed by atoms with Gasteiger partial charge in [-0.05, 0) is 25.0 Å². The van der Waals surface area contributed by atoms with E-state index in [0.29, 0.717) is 6.54 Å². The number of carbonyl (C=O) groups is 1. The lowest BCUT2D eigenvalue weighted by atomic mass is 10.1. The van der Waals surface area contributed by atoms with Crippen LogP contribution in [0.4, 0.5) is 5.13 Å². The monoisotopic (exact) mass is 368 g/mol. The number of para-hydroxylation sites is 1. The third kappa shape index (κ3) is 4.43. The van der Waals surface area contributed by atoms with Crippen LogP contribution in [0.5, 0.6) is 0 Å². The number of carbonyl (C=O) groups excluding carboxylic acids is 1. The summed E-state index contributed by atoms with van der Waals surface area (Å²) in [5.41, 5.74) is 0.987. The van der Waals surface area contributed by atoms with E-state index < -0.39 is 10.0 Å². The van der Waals surface area contributed by atoms with Gasteiger partial charge in [-0.15, -0.1) is 0 Å². The summed E-state index contributed by atoms with van der Waals surface area (Å²) >= 11 is 1.65. The molecule has 9 heteroatoms. The molecule has 2 aromatic rings. The molecule has 1 amide bonds. The van der Waals surface area contributed by atoms with E-state index in [9.17, 15) is 13.2 Å². The van der Waals surface area contributed by atoms with Crippen molar-refractivity contribution in [1.29, 1.82) is 0 Å². The zero-order valence-electron chi connectivity index (χ0n) is 13.4. The number of thiazole rings is 1. The van der Waals surface area contributed by atoms with Gasteiger partial charge in [0.1, 0.15) is 0 Å². The van der Waals surface area contributed by atoms with Crippen LogP contribution in [0.25, 0.3) is 10.2 Å². The van der Waals surface area contributed by atoms with Gasteiger partial charge >= 0.3 is 0 Å². The minimum atomic E-state index is -3.36. The van der Waals surface area contributed by atoms with Gasteiger partial charge in [-0.25, -0.2) is 18.1 Å². The second-order valence-electron chi connectivity index (χ2n) is 5.91. The van der Waals surface area contributed by atoms with Crippen LogP contribution in [-0.4, -0.2) is 51.2 Å². The highest BCUT2D eigenvalue weighted by Crippen LogP contribution is 2.30. The smallest absolute Gasteiger partial charge is 0.235 e. The van der Waals surface area contributed by atoms with Crippen molar-refractivity contribution in [2.75, 3.05) is 30.8 Å². The van der Waals surface area contributed by atoms with Crippen molar-refractivity contribution in [1.82, 2.24) is 15.0 Å². The molecule has 24 heavy (non-hydrogen) atoms. The Morgan fingerprint density at radius 3 is 2.96 bits per heavy atom. The number of amides is 1. The number of nitrogens with zero attached hydrogens (tertiary/aromatic N) is 2. The Bertz CT molecular complexity index is 801. The molecule has 1 fully saturated rings. The zero-order valence-corrected chi connectivity index (χ0v) is 15.0. The lowest BCUT2D eigenvalue weighted by Gasteiger charge is -2.32. The molecule has 2 N–H and O–H groups in total. The van der Waals surface area contributed by atoms with Crippen molar-refractivity contribution < 1.29 is 13.2 Å². The molecule has 1 aliphatic heterocycles. The highest BCUT2D eigenvalue weighted by molar-refractivity contribution is 7.88. The minimum Gasteiger partial charge on any atom is -0.350 e. The van der Waals surface area contributed by atoms with E-state index in [1.54, 1.807) is 11.3 Å². The van der Waals surface area contributed by atoms with E-state index in [4.69, 9.17) is 0 Å². The van der Waals surface area contributed by atoms with Gasteiger partial charge in [0.05, 0.1) is 23.0 Å².